The van der Waals surface area contributed by atoms with Crippen LogP contribution in [0.2, 0.25) is 0 Å². The smallest absolute Gasteiger partial charge is 0.134 e. The van der Waals surface area contributed by atoms with Crippen molar-refractivity contribution >= 4 is 11.3 Å². The summed E-state index contributed by atoms with van der Waals surface area (Å²) in [4.78, 5) is 1.97. The molecule has 1 N–H and O–H groups in total. The number of hydrogen-bond acceptors (Lipinski definition) is 2. The zero-order chi connectivity index (χ0) is 13.1. The molecule has 0 bridgehead atoms. The third-order valence-electron chi connectivity index (χ3n) is 2.76. The first-order valence-corrected chi connectivity index (χ1v) is 6.72. The Hall–Kier alpha value is -1.26. The number of halogens is 2. The van der Waals surface area contributed by atoms with Gasteiger partial charge in [-0.3, -0.25) is 0 Å². The summed E-state index contributed by atoms with van der Waals surface area (Å²) in [7, 11) is 0. The highest BCUT2D eigenvalue weighted by atomic mass is 32.1. The van der Waals surface area contributed by atoms with E-state index in [-0.39, 0.29) is 6.04 Å². The van der Waals surface area contributed by atoms with Crippen molar-refractivity contribution in [1.82, 2.24) is 5.32 Å². The molecule has 2 aromatic rings. The van der Waals surface area contributed by atoms with Crippen molar-refractivity contribution in [2.45, 2.75) is 19.9 Å². The highest BCUT2D eigenvalue weighted by Gasteiger charge is 2.11. The van der Waals surface area contributed by atoms with Gasteiger partial charge in [-0.2, -0.15) is 0 Å². The van der Waals surface area contributed by atoms with Gasteiger partial charge in [0.25, 0.3) is 0 Å². The normalized spacial score (nSPS) is 12.7. The van der Waals surface area contributed by atoms with Crippen LogP contribution in [-0.4, -0.2) is 6.54 Å². The van der Waals surface area contributed by atoms with Crippen molar-refractivity contribution in [1.29, 1.82) is 0 Å². The third kappa shape index (κ3) is 2.76. The standard InChI is InChI=1S/C14H15F2NS/c1-3-17-9(2)13-6-7-14(18-13)11-5-4-10(15)8-12(11)16/h4-9,17H,3H2,1-2H3. The highest BCUT2D eigenvalue weighted by molar-refractivity contribution is 7.15. The van der Waals surface area contributed by atoms with Crippen LogP contribution in [0.3, 0.4) is 0 Å². The van der Waals surface area contributed by atoms with Crippen molar-refractivity contribution in [2.75, 3.05) is 6.54 Å². The molecule has 1 aromatic heterocycles. The van der Waals surface area contributed by atoms with Crippen LogP contribution in [0.4, 0.5) is 8.78 Å². The molecule has 0 aliphatic rings. The highest BCUT2D eigenvalue weighted by Crippen LogP contribution is 2.33. The van der Waals surface area contributed by atoms with Crippen molar-refractivity contribution in [2.24, 2.45) is 0 Å². The van der Waals surface area contributed by atoms with E-state index in [4.69, 9.17) is 0 Å². The number of thiophene rings is 1. The summed E-state index contributed by atoms with van der Waals surface area (Å²) < 4.78 is 26.5. The van der Waals surface area contributed by atoms with Crippen molar-refractivity contribution in [3.8, 4) is 10.4 Å². The maximum absolute atomic E-state index is 13.6. The Labute approximate surface area is 109 Å². The Morgan fingerprint density at radius 1 is 1.22 bits per heavy atom. The molecule has 0 saturated carbocycles. The molecular formula is C14H15F2NS. The van der Waals surface area contributed by atoms with E-state index < -0.39 is 11.6 Å². The lowest BCUT2D eigenvalue weighted by Gasteiger charge is -2.09. The number of nitrogens with one attached hydrogen (secondary N) is 1. The lowest BCUT2D eigenvalue weighted by molar-refractivity contribution is 0.586. The van der Waals surface area contributed by atoms with Crippen LogP contribution < -0.4 is 5.32 Å². The van der Waals surface area contributed by atoms with E-state index in [2.05, 4.69) is 12.2 Å². The van der Waals surface area contributed by atoms with Crippen LogP contribution in [0.15, 0.2) is 30.3 Å². The van der Waals surface area contributed by atoms with Gasteiger partial charge in [-0.1, -0.05) is 6.92 Å². The Morgan fingerprint density at radius 3 is 2.67 bits per heavy atom. The molecule has 1 atom stereocenters. The maximum atomic E-state index is 13.6. The van der Waals surface area contributed by atoms with Gasteiger partial charge in [-0.15, -0.1) is 11.3 Å². The van der Waals surface area contributed by atoms with Gasteiger partial charge < -0.3 is 5.32 Å². The largest absolute Gasteiger partial charge is 0.310 e. The number of benzene rings is 1. The lowest BCUT2D eigenvalue weighted by Crippen LogP contribution is -2.16. The average molecular weight is 267 g/mol. The van der Waals surface area contributed by atoms with E-state index in [1.165, 1.54) is 23.5 Å². The van der Waals surface area contributed by atoms with E-state index in [0.29, 0.717) is 5.56 Å². The predicted molar refractivity (Wildman–Crippen MR) is 71.8 cm³/mol. The van der Waals surface area contributed by atoms with Crippen molar-refractivity contribution in [3.63, 3.8) is 0 Å². The molecule has 1 heterocycles. The second-order valence-electron chi connectivity index (χ2n) is 4.11. The van der Waals surface area contributed by atoms with E-state index in [1.807, 2.05) is 19.1 Å². The molecule has 0 aliphatic carbocycles. The quantitative estimate of drug-likeness (QED) is 0.867. The fraction of sp³-hybridized carbons (Fsp3) is 0.286. The minimum Gasteiger partial charge on any atom is -0.310 e. The van der Waals surface area contributed by atoms with Crippen LogP contribution >= 0.6 is 11.3 Å². The Morgan fingerprint density at radius 2 is 2.00 bits per heavy atom. The Balaban J connectivity index is 2.29. The first kappa shape index (κ1) is 13.2. The molecule has 0 radical (unpaired) electrons. The van der Waals surface area contributed by atoms with Gasteiger partial charge in [0, 0.05) is 27.4 Å². The SMILES string of the molecule is CCNC(C)c1ccc(-c2ccc(F)cc2F)s1. The predicted octanol–water partition coefficient (Wildman–Crippen LogP) is 4.36. The average Bonchev–Trinajstić information content (AvgIpc) is 2.78. The van der Waals surface area contributed by atoms with Gasteiger partial charge in [-0.25, -0.2) is 8.78 Å². The summed E-state index contributed by atoms with van der Waals surface area (Å²) in [5.74, 6) is -1.06. The van der Waals surface area contributed by atoms with Gasteiger partial charge in [0.2, 0.25) is 0 Å². The van der Waals surface area contributed by atoms with Crippen LogP contribution in [0.1, 0.15) is 24.8 Å². The third-order valence-corrected chi connectivity index (χ3v) is 4.06. The lowest BCUT2D eigenvalue weighted by atomic mass is 10.1. The summed E-state index contributed by atoms with van der Waals surface area (Å²) in [5, 5.41) is 3.31. The van der Waals surface area contributed by atoms with Gasteiger partial charge in [-0.05, 0) is 37.7 Å². The fourth-order valence-corrected chi connectivity index (χ4v) is 2.89. The molecule has 0 aliphatic heterocycles. The van der Waals surface area contributed by atoms with E-state index >= 15 is 0 Å². The molecule has 18 heavy (non-hydrogen) atoms. The fourth-order valence-electron chi connectivity index (χ4n) is 1.83. The van der Waals surface area contributed by atoms with E-state index in [1.54, 1.807) is 0 Å². The second-order valence-corrected chi connectivity index (χ2v) is 5.22. The Kier molecular flexibility index (Phi) is 4.09. The molecule has 0 saturated heterocycles. The first-order chi connectivity index (χ1) is 8.61. The van der Waals surface area contributed by atoms with E-state index in [9.17, 15) is 8.78 Å². The topological polar surface area (TPSA) is 12.0 Å². The number of rotatable bonds is 4. The summed E-state index contributed by atoms with van der Waals surface area (Å²) in [6, 6.07) is 7.80. The van der Waals surface area contributed by atoms with Crippen LogP contribution in [0, 0.1) is 11.6 Å². The molecule has 4 heteroatoms. The zero-order valence-electron chi connectivity index (χ0n) is 10.3. The van der Waals surface area contributed by atoms with Crippen LogP contribution in [0.25, 0.3) is 10.4 Å². The molecule has 0 amide bonds. The summed E-state index contributed by atoms with van der Waals surface area (Å²) in [6.07, 6.45) is 0. The van der Waals surface area contributed by atoms with Gasteiger partial charge >= 0.3 is 0 Å². The van der Waals surface area contributed by atoms with Crippen molar-refractivity contribution < 1.29 is 8.78 Å². The molecule has 1 nitrogen and oxygen atoms in total. The summed E-state index contributed by atoms with van der Waals surface area (Å²) in [6.45, 7) is 5.00. The second kappa shape index (κ2) is 5.59. The summed E-state index contributed by atoms with van der Waals surface area (Å²) in [5.41, 5.74) is 0.455. The van der Waals surface area contributed by atoms with Gasteiger partial charge in [0.15, 0.2) is 0 Å². The molecule has 1 unspecified atom stereocenters. The zero-order valence-corrected chi connectivity index (χ0v) is 11.2. The summed E-state index contributed by atoms with van der Waals surface area (Å²) >= 11 is 1.53. The minimum absolute atomic E-state index is 0.247. The molecule has 2 rings (SSSR count). The molecule has 1 aromatic carbocycles. The molecule has 0 spiro atoms. The molecule has 0 fully saturated rings. The van der Waals surface area contributed by atoms with Crippen LogP contribution in [-0.2, 0) is 0 Å². The van der Waals surface area contributed by atoms with Crippen molar-refractivity contribution in [3.05, 3.63) is 46.8 Å². The maximum Gasteiger partial charge on any atom is 0.134 e. The first-order valence-electron chi connectivity index (χ1n) is 5.90. The Bertz CT molecular complexity index is 536. The monoisotopic (exact) mass is 267 g/mol. The molecule has 96 valence electrons. The van der Waals surface area contributed by atoms with Gasteiger partial charge in [0.1, 0.15) is 11.6 Å². The minimum atomic E-state index is -0.547. The van der Waals surface area contributed by atoms with Crippen LogP contribution in [0.5, 0.6) is 0 Å². The van der Waals surface area contributed by atoms with E-state index in [0.717, 1.165) is 22.4 Å². The van der Waals surface area contributed by atoms with Gasteiger partial charge in [0.05, 0.1) is 0 Å². The number of hydrogen-bond donors (Lipinski definition) is 1. The molecular weight excluding hydrogens is 252 g/mol.